The first kappa shape index (κ1) is 14.6. The number of rotatable bonds is 5. The van der Waals surface area contributed by atoms with E-state index in [9.17, 15) is 0 Å². The standard InChI is InChI=1S/C15H19BrN2S/c1-11(15-8-13(16)10-19-15)17-14-6-4-12(5-7-14)9-18(2)3/h4-8,10-11,17H,9H2,1-3H3. The van der Waals surface area contributed by atoms with Crippen LogP contribution in [-0.4, -0.2) is 19.0 Å². The van der Waals surface area contributed by atoms with Crippen LogP contribution in [-0.2, 0) is 6.54 Å². The van der Waals surface area contributed by atoms with E-state index in [2.05, 4.69) is 82.9 Å². The molecule has 4 heteroatoms. The van der Waals surface area contributed by atoms with Gasteiger partial charge in [0.05, 0.1) is 6.04 Å². The molecule has 0 bridgehead atoms. The Labute approximate surface area is 127 Å². The summed E-state index contributed by atoms with van der Waals surface area (Å²) in [7, 11) is 4.17. The first-order valence-electron chi connectivity index (χ1n) is 6.29. The molecule has 1 aromatic heterocycles. The van der Waals surface area contributed by atoms with E-state index in [0.29, 0.717) is 6.04 Å². The summed E-state index contributed by atoms with van der Waals surface area (Å²) in [6, 6.07) is 11.2. The van der Waals surface area contributed by atoms with Gasteiger partial charge in [-0.05, 0) is 60.7 Å². The van der Waals surface area contributed by atoms with Crippen LogP contribution < -0.4 is 5.32 Å². The first-order valence-corrected chi connectivity index (χ1v) is 7.96. The zero-order valence-electron chi connectivity index (χ0n) is 11.5. The summed E-state index contributed by atoms with van der Waals surface area (Å²) >= 11 is 5.27. The topological polar surface area (TPSA) is 15.3 Å². The van der Waals surface area contributed by atoms with Gasteiger partial charge in [0.15, 0.2) is 0 Å². The Morgan fingerprint density at radius 3 is 2.47 bits per heavy atom. The Kier molecular flexibility index (Phi) is 5.02. The maximum Gasteiger partial charge on any atom is 0.0578 e. The van der Waals surface area contributed by atoms with E-state index in [1.807, 2.05) is 0 Å². The van der Waals surface area contributed by atoms with Crippen LogP contribution in [0.3, 0.4) is 0 Å². The summed E-state index contributed by atoms with van der Waals surface area (Å²) in [5.41, 5.74) is 2.50. The fourth-order valence-corrected chi connectivity index (χ4v) is 3.40. The van der Waals surface area contributed by atoms with Crippen molar-refractivity contribution < 1.29 is 0 Å². The lowest BCUT2D eigenvalue weighted by Gasteiger charge is -2.15. The highest BCUT2D eigenvalue weighted by molar-refractivity contribution is 9.10. The molecule has 0 spiro atoms. The molecule has 19 heavy (non-hydrogen) atoms. The van der Waals surface area contributed by atoms with Gasteiger partial charge in [-0.3, -0.25) is 0 Å². The molecule has 0 aliphatic carbocycles. The Balaban J connectivity index is 1.99. The van der Waals surface area contributed by atoms with Crippen molar-refractivity contribution in [3.63, 3.8) is 0 Å². The average molecular weight is 339 g/mol. The summed E-state index contributed by atoms with van der Waals surface area (Å²) in [5, 5.41) is 5.65. The number of anilines is 1. The van der Waals surface area contributed by atoms with E-state index < -0.39 is 0 Å². The van der Waals surface area contributed by atoms with Gasteiger partial charge in [0.1, 0.15) is 0 Å². The molecule has 2 aromatic rings. The molecule has 0 amide bonds. The summed E-state index contributed by atoms with van der Waals surface area (Å²) < 4.78 is 1.16. The number of nitrogens with one attached hydrogen (secondary N) is 1. The van der Waals surface area contributed by atoms with Crippen molar-refractivity contribution >= 4 is 33.0 Å². The molecule has 102 valence electrons. The molecular formula is C15H19BrN2S. The molecule has 1 unspecified atom stereocenters. The molecule has 2 rings (SSSR count). The molecule has 1 aromatic carbocycles. The van der Waals surface area contributed by atoms with E-state index in [4.69, 9.17) is 0 Å². The van der Waals surface area contributed by atoms with Crippen LogP contribution in [0.15, 0.2) is 40.2 Å². The van der Waals surface area contributed by atoms with Crippen molar-refractivity contribution in [2.24, 2.45) is 0 Å². The molecule has 0 saturated carbocycles. The van der Waals surface area contributed by atoms with Gasteiger partial charge in [0, 0.05) is 27.0 Å². The lowest BCUT2D eigenvalue weighted by Crippen LogP contribution is -2.10. The minimum Gasteiger partial charge on any atom is -0.378 e. The Morgan fingerprint density at radius 2 is 1.95 bits per heavy atom. The highest BCUT2D eigenvalue weighted by Gasteiger charge is 2.07. The van der Waals surface area contributed by atoms with E-state index in [1.54, 1.807) is 11.3 Å². The van der Waals surface area contributed by atoms with Gasteiger partial charge in [0.25, 0.3) is 0 Å². The zero-order chi connectivity index (χ0) is 13.8. The monoisotopic (exact) mass is 338 g/mol. The molecule has 0 fully saturated rings. The predicted octanol–water partition coefficient (Wildman–Crippen LogP) is 4.75. The quantitative estimate of drug-likeness (QED) is 0.846. The molecule has 1 N–H and O–H groups in total. The Hall–Kier alpha value is -0.840. The third-order valence-corrected chi connectivity index (χ3v) is 4.73. The smallest absolute Gasteiger partial charge is 0.0578 e. The second-order valence-electron chi connectivity index (χ2n) is 4.97. The van der Waals surface area contributed by atoms with Crippen LogP contribution in [0.25, 0.3) is 0 Å². The van der Waals surface area contributed by atoms with Crippen LogP contribution in [0.2, 0.25) is 0 Å². The van der Waals surface area contributed by atoms with Crippen molar-refractivity contribution in [1.82, 2.24) is 4.90 Å². The van der Waals surface area contributed by atoms with Crippen molar-refractivity contribution in [3.8, 4) is 0 Å². The fourth-order valence-electron chi connectivity index (χ4n) is 1.95. The summed E-state index contributed by atoms with van der Waals surface area (Å²) in [4.78, 5) is 3.51. The molecule has 1 atom stereocenters. The molecule has 0 saturated heterocycles. The van der Waals surface area contributed by atoms with Gasteiger partial charge >= 0.3 is 0 Å². The minimum atomic E-state index is 0.330. The second-order valence-corrected chi connectivity index (χ2v) is 6.83. The number of nitrogens with zero attached hydrogens (tertiary/aromatic N) is 1. The normalized spacial score (nSPS) is 12.7. The lowest BCUT2D eigenvalue weighted by molar-refractivity contribution is 0.402. The van der Waals surface area contributed by atoms with Crippen molar-refractivity contribution in [2.45, 2.75) is 19.5 Å². The van der Waals surface area contributed by atoms with Crippen LogP contribution in [0.5, 0.6) is 0 Å². The van der Waals surface area contributed by atoms with Crippen LogP contribution in [0, 0.1) is 0 Å². The predicted molar refractivity (Wildman–Crippen MR) is 87.9 cm³/mol. The van der Waals surface area contributed by atoms with Crippen molar-refractivity contribution in [3.05, 3.63) is 50.6 Å². The zero-order valence-corrected chi connectivity index (χ0v) is 13.9. The molecular weight excluding hydrogens is 320 g/mol. The minimum absolute atomic E-state index is 0.330. The average Bonchev–Trinajstić information content (AvgIpc) is 2.78. The van der Waals surface area contributed by atoms with Gasteiger partial charge in [0.2, 0.25) is 0 Å². The first-order chi connectivity index (χ1) is 9.04. The van der Waals surface area contributed by atoms with Crippen LogP contribution in [0.4, 0.5) is 5.69 Å². The number of benzene rings is 1. The Morgan fingerprint density at radius 1 is 1.26 bits per heavy atom. The number of hydrogen-bond donors (Lipinski definition) is 1. The third kappa shape index (κ3) is 4.34. The number of halogens is 1. The summed E-state index contributed by atoms with van der Waals surface area (Å²) in [5.74, 6) is 0. The maximum atomic E-state index is 3.53. The van der Waals surface area contributed by atoms with Crippen LogP contribution in [0.1, 0.15) is 23.4 Å². The van der Waals surface area contributed by atoms with Gasteiger partial charge in [-0.1, -0.05) is 12.1 Å². The summed E-state index contributed by atoms with van der Waals surface area (Å²) in [6.45, 7) is 3.17. The van der Waals surface area contributed by atoms with Crippen LogP contribution >= 0.6 is 27.3 Å². The number of hydrogen-bond acceptors (Lipinski definition) is 3. The Bertz CT molecular complexity index is 519. The van der Waals surface area contributed by atoms with E-state index >= 15 is 0 Å². The molecule has 0 aliphatic rings. The second kappa shape index (κ2) is 6.55. The van der Waals surface area contributed by atoms with E-state index in [0.717, 1.165) is 11.0 Å². The molecule has 0 radical (unpaired) electrons. The SMILES string of the molecule is CC(Nc1ccc(CN(C)C)cc1)c1cc(Br)cs1. The highest BCUT2D eigenvalue weighted by atomic mass is 79.9. The van der Waals surface area contributed by atoms with E-state index in [-0.39, 0.29) is 0 Å². The molecule has 0 aliphatic heterocycles. The van der Waals surface area contributed by atoms with Gasteiger partial charge < -0.3 is 10.2 Å². The van der Waals surface area contributed by atoms with Gasteiger partial charge in [-0.2, -0.15) is 0 Å². The van der Waals surface area contributed by atoms with E-state index in [1.165, 1.54) is 16.1 Å². The van der Waals surface area contributed by atoms with Crippen molar-refractivity contribution in [1.29, 1.82) is 0 Å². The largest absolute Gasteiger partial charge is 0.378 e. The van der Waals surface area contributed by atoms with Gasteiger partial charge in [-0.15, -0.1) is 11.3 Å². The highest BCUT2D eigenvalue weighted by Crippen LogP contribution is 2.27. The van der Waals surface area contributed by atoms with Crippen molar-refractivity contribution in [2.75, 3.05) is 19.4 Å². The lowest BCUT2D eigenvalue weighted by atomic mass is 10.2. The van der Waals surface area contributed by atoms with Gasteiger partial charge in [-0.25, -0.2) is 0 Å². The molecule has 1 heterocycles. The third-order valence-electron chi connectivity index (χ3n) is 2.85. The maximum absolute atomic E-state index is 3.53. The number of thiophene rings is 1. The fraction of sp³-hybridized carbons (Fsp3) is 0.333. The molecule has 2 nitrogen and oxygen atoms in total. The summed E-state index contributed by atoms with van der Waals surface area (Å²) in [6.07, 6.45) is 0.